The van der Waals surface area contributed by atoms with Crippen LogP contribution in [0.15, 0.2) is 36.8 Å². The molecule has 0 spiro atoms. The SMILES string of the molecule is CCCON(C(=O)Nc1cnc[nH]1)c1ccc(I)cc1. The Morgan fingerprint density at radius 3 is 2.80 bits per heavy atom. The molecule has 2 rings (SSSR count). The third-order valence-electron chi connectivity index (χ3n) is 2.41. The van der Waals surface area contributed by atoms with Crippen LogP contribution in [0.25, 0.3) is 0 Å². The fourth-order valence-corrected chi connectivity index (χ4v) is 1.86. The highest BCUT2D eigenvalue weighted by Crippen LogP contribution is 2.18. The van der Waals surface area contributed by atoms with Gasteiger partial charge in [-0.3, -0.25) is 10.2 Å². The fraction of sp³-hybridized carbons (Fsp3) is 0.231. The zero-order valence-corrected chi connectivity index (χ0v) is 13.1. The number of hydroxylamine groups is 1. The van der Waals surface area contributed by atoms with Gasteiger partial charge in [-0.1, -0.05) is 6.92 Å². The van der Waals surface area contributed by atoms with Crippen molar-refractivity contribution in [3.05, 3.63) is 40.4 Å². The lowest BCUT2D eigenvalue weighted by Gasteiger charge is -2.21. The van der Waals surface area contributed by atoms with Gasteiger partial charge in [0.15, 0.2) is 0 Å². The van der Waals surface area contributed by atoms with Gasteiger partial charge in [-0.25, -0.2) is 9.78 Å². The van der Waals surface area contributed by atoms with E-state index < -0.39 is 0 Å². The van der Waals surface area contributed by atoms with Crippen LogP contribution in [0.2, 0.25) is 0 Å². The largest absolute Gasteiger partial charge is 0.351 e. The number of amides is 2. The summed E-state index contributed by atoms with van der Waals surface area (Å²) in [5, 5.41) is 3.94. The van der Waals surface area contributed by atoms with E-state index in [1.54, 1.807) is 0 Å². The monoisotopic (exact) mass is 386 g/mol. The topological polar surface area (TPSA) is 70.2 Å². The lowest BCUT2D eigenvalue weighted by molar-refractivity contribution is 0.122. The lowest BCUT2D eigenvalue weighted by atomic mass is 10.3. The summed E-state index contributed by atoms with van der Waals surface area (Å²) in [6, 6.07) is 7.14. The fourth-order valence-electron chi connectivity index (χ4n) is 1.50. The van der Waals surface area contributed by atoms with Crippen LogP contribution in [-0.2, 0) is 4.84 Å². The maximum absolute atomic E-state index is 12.2. The average Bonchev–Trinajstić information content (AvgIpc) is 2.94. The van der Waals surface area contributed by atoms with Gasteiger partial charge >= 0.3 is 6.03 Å². The highest BCUT2D eigenvalue weighted by Gasteiger charge is 2.17. The number of halogens is 1. The lowest BCUT2D eigenvalue weighted by Crippen LogP contribution is -2.35. The van der Waals surface area contributed by atoms with Gasteiger partial charge in [-0.05, 0) is 53.3 Å². The highest BCUT2D eigenvalue weighted by atomic mass is 127. The molecule has 0 aliphatic carbocycles. The quantitative estimate of drug-likeness (QED) is 0.612. The molecule has 0 unspecified atom stereocenters. The summed E-state index contributed by atoms with van der Waals surface area (Å²) in [7, 11) is 0. The summed E-state index contributed by atoms with van der Waals surface area (Å²) < 4.78 is 1.09. The molecule has 2 amide bonds. The van der Waals surface area contributed by atoms with E-state index in [4.69, 9.17) is 4.84 Å². The van der Waals surface area contributed by atoms with Gasteiger partial charge in [0.25, 0.3) is 0 Å². The molecule has 0 bridgehead atoms. The highest BCUT2D eigenvalue weighted by molar-refractivity contribution is 14.1. The molecule has 0 atom stereocenters. The molecule has 1 heterocycles. The number of nitrogens with one attached hydrogen (secondary N) is 2. The summed E-state index contributed by atoms with van der Waals surface area (Å²) >= 11 is 2.21. The second kappa shape index (κ2) is 7.25. The number of nitrogens with zero attached hydrogens (tertiary/aromatic N) is 2. The number of H-pyrrole nitrogens is 1. The summed E-state index contributed by atoms with van der Waals surface area (Å²) in [4.78, 5) is 24.4. The van der Waals surface area contributed by atoms with Crippen LogP contribution >= 0.6 is 22.6 Å². The number of anilines is 2. The molecule has 0 radical (unpaired) electrons. The van der Waals surface area contributed by atoms with Gasteiger partial charge in [0.1, 0.15) is 5.82 Å². The predicted molar refractivity (Wildman–Crippen MR) is 85.5 cm³/mol. The van der Waals surface area contributed by atoms with Crippen molar-refractivity contribution in [1.29, 1.82) is 0 Å². The molecule has 2 aromatic rings. The maximum Gasteiger partial charge on any atom is 0.351 e. The third-order valence-corrected chi connectivity index (χ3v) is 3.13. The van der Waals surface area contributed by atoms with Gasteiger partial charge < -0.3 is 4.98 Å². The molecule has 1 aromatic heterocycles. The number of rotatable bonds is 5. The van der Waals surface area contributed by atoms with Crippen molar-refractivity contribution >= 4 is 40.1 Å². The Bertz CT molecular complexity index is 542. The number of carbonyl (C=O) groups is 1. The Kier molecular flexibility index (Phi) is 5.36. The van der Waals surface area contributed by atoms with Gasteiger partial charge in [0, 0.05) is 3.57 Å². The number of benzene rings is 1. The predicted octanol–water partition coefficient (Wildman–Crippen LogP) is 3.39. The summed E-state index contributed by atoms with van der Waals surface area (Å²) in [6.45, 7) is 2.45. The molecule has 0 aliphatic heterocycles. The standard InChI is InChI=1S/C13H15IN4O2/c1-2-7-20-18(11-5-3-10(14)4-6-11)13(19)17-12-8-15-9-16-12/h3-6,8-9H,2,7H2,1H3,(H,15,16)(H,17,19). The van der Waals surface area contributed by atoms with Crippen molar-refractivity contribution in [2.75, 3.05) is 17.0 Å². The zero-order chi connectivity index (χ0) is 14.4. The van der Waals surface area contributed by atoms with Crippen molar-refractivity contribution in [2.24, 2.45) is 0 Å². The molecule has 0 saturated carbocycles. The molecule has 1 aromatic carbocycles. The molecule has 20 heavy (non-hydrogen) atoms. The number of urea groups is 1. The Hall–Kier alpha value is -1.61. The van der Waals surface area contributed by atoms with Crippen molar-refractivity contribution in [1.82, 2.24) is 9.97 Å². The van der Waals surface area contributed by atoms with Gasteiger partial charge in [-0.15, -0.1) is 0 Å². The Labute approximate surface area is 130 Å². The van der Waals surface area contributed by atoms with Crippen LogP contribution in [0, 0.1) is 3.57 Å². The minimum absolute atomic E-state index is 0.371. The van der Waals surface area contributed by atoms with E-state index in [2.05, 4.69) is 37.9 Å². The molecule has 0 aliphatic rings. The Morgan fingerprint density at radius 2 is 2.20 bits per heavy atom. The van der Waals surface area contributed by atoms with Crippen LogP contribution in [0.3, 0.4) is 0 Å². The van der Waals surface area contributed by atoms with E-state index in [0.29, 0.717) is 18.1 Å². The van der Waals surface area contributed by atoms with Gasteiger partial charge in [0.05, 0.1) is 24.8 Å². The molecule has 0 fully saturated rings. The zero-order valence-electron chi connectivity index (χ0n) is 11.0. The van der Waals surface area contributed by atoms with Gasteiger partial charge in [0.2, 0.25) is 0 Å². The first-order chi connectivity index (χ1) is 9.70. The number of carbonyl (C=O) groups excluding carboxylic acids is 1. The van der Waals surface area contributed by atoms with Crippen LogP contribution in [0.5, 0.6) is 0 Å². The molecular formula is C13H15IN4O2. The summed E-state index contributed by atoms with van der Waals surface area (Å²) in [5.41, 5.74) is 0.677. The number of aromatic nitrogens is 2. The van der Waals surface area contributed by atoms with E-state index in [1.165, 1.54) is 17.6 Å². The van der Waals surface area contributed by atoms with Crippen molar-refractivity contribution in [2.45, 2.75) is 13.3 Å². The second-order valence-electron chi connectivity index (χ2n) is 4.00. The summed E-state index contributed by atoms with van der Waals surface area (Å²) in [6.07, 6.45) is 3.85. The van der Waals surface area contributed by atoms with Crippen molar-refractivity contribution in [3.63, 3.8) is 0 Å². The Morgan fingerprint density at radius 1 is 1.45 bits per heavy atom. The van der Waals surface area contributed by atoms with Crippen LogP contribution in [0.4, 0.5) is 16.3 Å². The number of aromatic amines is 1. The van der Waals surface area contributed by atoms with Crippen molar-refractivity contribution in [3.8, 4) is 0 Å². The van der Waals surface area contributed by atoms with Crippen LogP contribution in [-0.4, -0.2) is 22.6 Å². The van der Waals surface area contributed by atoms with Gasteiger partial charge in [-0.2, -0.15) is 5.06 Å². The first kappa shape index (κ1) is 14.8. The van der Waals surface area contributed by atoms with Crippen LogP contribution < -0.4 is 10.4 Å². The van der Waals surface area contributed by atoms with E-state index in [9.17, 15) is 4.79 Å². The average molecular weight is 386 g/mol. The summed E-state index contributed by atoms with van der Waals surface area (Å²) in [5.74, 6) is 0.519. The minimum atomic E-state index is -0.371. The van der Waals surface area contributed by atoms with Crippen molar-refractivity contribution < 1.29 is 9.63 Å². The molecule has 106 valence electrons. The minimum Gasteiger partial charge on any atom is -0.331 e. The van der Waals surface area contributed by atoms with E-state index in [1.807, 2.05) is 31.2 Å². The molecule has 2 N–H and O–H groups in total. The normalized spacial score (nSPS) is 10.3. The van der Waals surface area contributed by atoms with E-state index >= 15 is 0 Å². The second-order valence-corrected chi connectivity index (χ2v) is 5.25. The van der Waals surface area contributed by atoms with Crippen LogP contribution in [0.1, 0.15) is 13.3 Å². The maximum atomic E-state index is 12.2. The Balaban J connectivity index is 2.13. The van der Waals surface area contributed by atoms with E-state index in [-0.39, 0.29) is 6.03 Å². The molecule has 7 heteroatoms. The molecular weight excluding hydrogens is 371 g/mol. The molecule has 6 nitrogen and oxygen atoms in total. The first-order valence-corrected chi connectivity index (χ1v) is 7.26. The molecule has 0 saturated heterocycles. The number of hydrogen-bond donors (Lipinski definition) is 2. The van der Waals surface area contributed by atoms with E-state index in [0.717, 1.165) is 9.99 Å². The number of imidazole rings is 1. The number of hydrogen-bond acceptors (Lipinski definition) is 3. The third kappa shape index (κ3) is 3.94. The first-order valence-electron chi connectivity index (χ1n) is 6.18. The smallest absolute Gasteiger partial charge is 0.331 e.